The first-order chi connectivity index (χ1) is 5.52. The van der Waals surface area contributed by atoms with Crippen molar-refractivity contribution in [3.05, 3.63) is 30.1 Å². The first-order valence-electron chi connectivity index (χ1n) is 3.16. The molecule has 1 rings (SSSR count). The Morgan fingerprint density at radius 3 is 2.17 bits per heavy atom. The Morgan fingerprint density at radius 1 is 1.25 bits per heavy atom. The molecule has 0 radical (unpaired) electrons. The first kappa shape index (κ1) is 8.99. The molecule has 1 heterocycles. The summed E-state index contributed by atoms with van der Waals surface area (Å²) < 4.78 is 35.6. The highest BCUT2D eigenvalue weighted by Gasteiger charge is 2.39. The van der Waals surface area contributed by atoms with Gasteiger partial charge < -0.3 is 5.11 Å². The van der Waals surface area contributed by atoms with Crippen LogP contribution < -0.4 is 0 Å². The fourth-order valence-corrected chi connectivity index (χ4v) is 0.735. The SMILES string of the molecule is O[C@@H](c1ccncc1)C(F)(F)F. The second-order valence-electron chi connectivity index (χ2n) is 2.22. The number of aliphatic hydroxyl groups excluding tert-OH is 1. The van der Waals surface area contributed by atoms with E-state index >= 15 is 0 Å². The van der Waals surface area contributed by atoms with Gasteiger partial charge in [0, 0.05) is 12.4 Å². The van der Waals surface area contributed by atoms with Gasteiger partial charge >= 0.3 is 6.18 Å². The summed E-state index contributed by atoms with van der Waals surface area (Å²) in [7, 11) is 0. The summed E-state index contributed by atoms with van der Waals surface area (Å²) in [6.45, 7) is 0. The quantitative estimate of drug-likeness (QED) is 0.707. The molecule has 0 aliphatic heterocycles. The third kappa shape index (κ3) is 1.94. The van der Waals surface area contributed by atoms with Gasteiger partial charge in [-0.3, -0.25) is 4.98 Å². The molecule has 0 aliphatic rings. The molecule has 12 heavy (non-hydrogen) atoms. The first-order valence-corrected chi connectivity index (χ1v) is 3.16. The maximum Gasteiger partial charge on any atom is 0.418 e. The van der Waals surface area contributed by atoms with Gasteiger partial charge in [0.2, 0.25) is 0 Å². The highest BCUT2D eigenvalue weighted by molar-refractivity contribution is 5.14. The Balaban J connectivity index is 2.86. The van der Waals surface area contributed by atoms with Crippen molar-refractivity contribution in [1.82, 2.24) is 4.98 Å². The molecule has 0 bridgehead atoms. The van der Waals surface area contributed by atoms with Crippen molar-refractivity contribution < 1.29 is 18.3 Å². The Hall–Kier alpha value is -1.10. The van der Waals surface area contributed by atoms with Crippen molar-refractivity contribution in [3.8, 4) is 0 Å². The highest BCUT2D eigenvalue weighted by atomic mass is 19.4. The zero-order chi connectivity index (χ0) is 9.19. The Morgan fingerprint density at radius 2 is 1.75 bits per heavy atom. The van der Waals surface area contributed by atoms with Crippen molar-refractivity contribution in [2.24, 2.45) is 0 Å². The average Bonchev–Trinajstić information content (AvgIpc) is 2.03. The van der Waals surface area contributed by atoms with Gasteiger partial charge in [0.05, 0.1) is 0 Å². The average molecular weight is 177 g/mol. The van der Waals surface area contributed by atoms with Gasteiger partial charge in [-0.05, 0) is 17.7 Å². The third-order valence-corrected chi connectivity index (χ3v) is 1.33. The number of halogens is 3. The maximum absolute atomic E-state index is 11.9. The lowest BCUT2D eigenvalue weighted by Gasteiger charge is -2.13. The van der Waals surface area contributed by atoms with E-state index in [1.807, 2.05) is 0 Å². The number of nitrogens with zero attached hydrogens (tertiary/aromatic N) is 1. The summed E-state index contributed by atoms with van der Waals surface area (Å²) in [4.78, 5) is 3.53. The molecule has 0 aliphatic carbocycles. The van der Waals surface area contributed by atoms with Crippen molar-refractivity contribution >= 4 is 0 Å². The van der Waals surface area contributed by atoms with Gasteiger partial charge in [0.1, 0.15) is 0 Å². The summed E-state index contributed by atoms with van der Waals surface area (Å²) in [5, 5.41) is 8.70. The fourth-order valence-electron chi connectivity index (χ4n) is 0.735. The van der Waals surface area contributed by atoms with E-state index in [-0.39, 0.29) is 5.56 Å². The summed E-state index contributed by atoms with van der Waals surface area (Å²) >= 11 is 0. The molecule has 0 saturated carbocycles. The lowest BCUT2D eigenvalue weighted by molar-refractivity contribution is -0.206. The van der Waals surface area contributed by atoms with Gasteiger partial charge in [0.25, 0.3) is 0 Å². The lowest BCUT2D eigenvalue weighted by atomic mass is 10.1. The zero-order valence-electron chi connectivity index (χ0n) is 5.92. The van der Waals surface area contributed by atoms with Gasteiger partial charge in [-0.15, -0.1) is 0 Å². The number of hydrogen-bond donors (Lipinski definition) is 1. The molecular formula is C7H6F3NO. The van der Waals surface area contributed by atoms with Crippen LogP contribution in [0.3, 0.4) is 0 Å². The molecule has 1 aromatic heterocycles. The molecule has 1 aromatic rings. The summed E-state index contributed by atoms with van der Waals surface area (Å²) in [6.07, 6.45) is -4.63. The number of aliphatic hydroxyl groups is 1. The van der Waals surface area contributed by atoms with E-state index in [2.05, 4.69) is 4.98 Å². The van der Waals surface area contributed by atoms with E-state index < -0.39 is 12.3 Å². The van der Waals surface area contributed by atoms with Gasteiger partial charge in [0.15, 0.2) is 6.10 Å². The molecule has 0 amide bonds. The third-order valence-electron chi connectivity index (χ3n) is 1.33. The van der Waals surface area contributed by atoms with E-state index in [9.17, 15) is 13.2 Å². The summed E-state index contributed by atoms with van der Waals surface area (Å²) in [6, 6.07) is 2.25. The molecule has 0 aromatic carbocycles. The van der Waals surface area contributed by atoms with Gasteiger partial charge in [-0.1, -0.05) is 0 Å². The van der Waals surface area contributed by atoms with Crippen LogP contribution in [-0.4, -0.2) is 16.3 Å². The van der Waals surface area contributed by atoms with Crippen molar-refractivity contribution in [2.75, 3.05) is 0 Å². The van der Waals surface area contributed by atoms with Crippen LogP contribution in [0.1, 0.15) is 11.7 Å². The second kappa shape index (κ2) is 3.10. The van der Waals surface area contributed by atoms with Crippen molar-refractivity contribution in [3.63, 3.8) is 0 Å². The molecule has 1 atom stereocenters. The Kier molecular flexibility index (Phi) is 2.32. The molecule has 0 saturated heterocycles. The Bertz CT molecular complexity index is 247. The number of aromatic nitrogens is 1. The number of alkyl halides is 3. The van der Waals surface area contributed by atoms with Crippen LogP contribution in [0.15, 0.2) is 24.5 Å². The van der Waals surface area contributed by atoms with Crippen molar-refractivity contribution in [1.29, 1.82) is 0 Å². The second-order valence-corrected chi connectivity index (χ2v) is 2.22. The predicted molar refractivity (Wildman–Crippen MR) is 35.3 cm³/mol. The van der Waals surface area contributed by atoms with Crippen LogP contribution in [0.4, 0.5) is 13.2 Å². The predicted octanol–water partition coefficient (Wildman–Crippen LogP) is 1.68. The Labute approximate surface area is 66.7 Å². The summed E-state index contributed by atoms with van der Waals surface area (Å²) in [5.74, 6) is 0. The van der Waals surface area contributed by atoms with Gasteiger partial charge in [-0.25, -0.2) is 0 Å². The van der Waals surface area contributed by atoms with Gasteiger partial charge in [-0.2, -0.15) is 13.2 Å². The number of hydrogen-bond acceptors (Lipinski definition) is 2. The highest BCUT2D eigenvalue weighted by Crippen LogP contribution is 2.31. The van der Waals surface area contributed by atoms with E-state index in [0.29, 0.717) is 0 Å². The normalized spacial score (nSPS) is 14.3. The van der Waals surface area contributed by atoms with Crippen LogP contribution in [0.2, 0.25) is 0 Å². The molecular weight excluding hydrogens is 171 g/mol. The molecule has 0 unspecified atom stereocenters. The fraction of sp³-hybridized carbons (Fsp3) is 0.286. The van der Waals surface area contributed by atoms with E-state index in [4.69, 9.17) is 5.11 Å². The van der Waals surface area contributed by atoms with Crippen LogP contribution >= 0.6 is 0 Å². The van der Waals surface area contributed by atoms with Crippen LogP contribution in [-0.2, 0) is 0 Å². The topological polar surface area (TPSA) is 33.1 Å². The van der Waals surface area contributed by atoms with E-state index in [0.717, 1.165) is 12.1 Å². The zero-order valence-corrected chi connectivity index (χ0v) is 5.92. The smallest absolute Gasteiger partial charge is 0.379 e. The molecule has 0 spiro atoms. The van der Waals surface area contributed by atoms with Crippen LogP contribution in [0.25, 0.3) is 0 Å². The standard InChI is InChI=1S/C7H6F3NO/c8-7(9,10)6(12)5-1-3-11-4-2-5/h1-4,6,12H/t6-/m0/s1. The molecule has 1 N–H and O–H groups in total. The summed E-state index contributed by atoms with van der Waals surface area (Å²) in [5.41, 5.74) is -0.197. The monoisotopic (exact) mass is 177 g/mol. The van der Waals surface area contributed by atoms with E-state index in [1.54, 1.807) is 0 Å². The number of pyridine rings is 1. The number of rotatable bonds is 1. The largest absolute Gasteiger partial charge is 0.418 e. The maximum atomic E-state index is 11.9. The van der Waals surface area contributed by atoms with E-state index in [1.165, 1.54) is 12.4 Å². The minimum Gasteiger partial charge on any atom is -0.379 e. The van der Waals surface area contributed by atoms with Crippen molar-refractivity contribution in [2.45, 2.75) is 12.3 Å². The molecule has 5 heteroatoms. The van der Waals surface area contributed by atoms with Crippen LogP contribution in [0.5, 0.6) is 0 Å². The molecule has 0 fully saturated rings. The lowest BCUT2D eigenvalue weighted by Crippen LogP contribution is -2.19. The minimum absolute atomic E-state index is 0.197. The van der Waals surface area contributed by atoms with Crippen LogP contribution in [0, 0.1) is 0 Å². The molecule has 2 nitrogen and oxygen atoms in total. The minimum atomic E-state index is -4.61. The molecule has 66 valence electrons.